The van der Waals surface area contributed by atoms with Crippen LogP contribution in [-0.2, 0) is 6.42 Å². The van der Waals surface area contributed by atoms with Gasteiger partial charge in [-0.1, -0.05) is 12.5 Å². The van der Waals surface area contributed by atoms with E-state index in [2.05, 4.69) is 37.8 Å². The van der Waals surface area contributed by atoms with Gasteiger partial charge in [0.2, 0.25) is 0 Å². The van der Waals surface area contributed by atoms with Gasteiger partial charge in [-0.15, -0.1) is 0 Å². The first kappa shape index (κ1) is 20.2. The molecule has 0 saturated carbocycles. The second-order valence-corrected chi connectivity index (χ2v) is 8.20. The molecule has 1 aliphatic heterocycles. The average molecular weight is 481 g/mol. The van der Waals surface area contributed by atoms with E-state index in [4.69, 9.17) is 0 Å². The van der Waals surface area contributed by atoms with Gasteiger partial charge in [0.25, 0.3) is 5.91 Å². The molecule has 6 heteroatoms. The molecule has 1 amide bonds. The van der Waals surface area contributed by atoms with E-state index in [1.165, 1.54) is 38.4 Å². The highest BCUT2D eigenvalue weighted by atomic mass is 127. The van der Waals surface area contributed by atoms with Gasteiger partial charge in [0.05, 0.1) is 0 Å². The summed E-state index contributed by atoms with van der Waals surface area (Å²) in [4.78, 5) is 19.2. The predicted octanol–water partition coefficient (Wildman–Crippen LogP) is 4.02. The fraction of sp³-hybridized carbons (Fsp3) is 0.429. The van der Waals surface area contributed by atoms with Crippen LogP contribution in [0.2, 0.25) is 0 Å². The highest BCUT2D eigenvalue weighted by Crippen LogP contribution is 2.18. The molecule has 0 atom stereocenters. The molecule has 1 aromatic heterocycles. The topological polar surface area (TPSA) is 45.2 Å². The summed E-state index contributed by atoms with van der Waals surface area (Å²) < 4.78 is 15.0. The van der Waals surface area contributed by atoms with Crippen molar-refractivity contribution >= 4 is 28.5 Å². The molecule has 3 rings (SSSR count). The minimum absolute atomic E-state index is 0.114. The zero-order valence-corrected chi connectivity index (χ0v) is 17.5. The molecule has 0 spiro atoms. The molecule has 1 aromatic carbocycles. The van der Waals surface area contributed by atoms with Crippen LogP contribution >= 0.6 is 22.6 Å². The Morgan fingerprint density at radius 1 is 1.19 bits per heavy atom. The van der Waals surface area contributed by atoms with Crippen LogP contribution in [0.3, 0.4) is 0 Å². The van der Waals surface area contributed by atoms with Crippen molar-refractivity contribution in [3.05, 3.63) is 62.7 Å². The maximum atomic E-state index is 14.2. The van der Waals surface area contributed by atoms with E-state index >= 15 is 0 Å². The summed E-state index contributed by atoms with van der Waals surface area (Å²) in [6.07, 6.45) is 8.45. The minimum atomic E-state index is -0.251. The zero-order valence-electron chi connectivity index (χ0n) is 15.4. The van der Waals surface area contributed by atoms with Gasteiger partial charge in [0, 0.05) is 34.5 Å². The van der Waals surface area contributed by atoms with Gasteiger partial charge in [-0.05, 0) is 90.8 Å². The molecular formula is C21H25FIN3O. The largest absolute Gasteiger partial charge is 0.352 e. The number of benzene rings is 1. The minimum Gasteiger partial charge on any atom is -0.352 e. The molecule has 2 heterocycles. The number of likely N-dealkylation sites (tertiary alicyclic amines) is 1. The van der Waals surface area contributed by atoms with Crippen LogP contribution < -0.4 is 5.32 Å². The number of rotatable bonds is 7. The van der Waals surface area contributed by atoms with Gasteiger partial charge in [-0.25, -0.2) is 4.39 Å². The fourth-order valence-electron chi connectivity index (χ4n) is 3.44. The second-order valence-electron chi connectivity index (χ2n) is 6.96. The van der Waals surface area contributed by atoms with Crippen LogP contribution in [0.5, 0.6) is 0 Å². The molecule has 0 unspecified atom stereocenters. The third kappa shape index (κ3) is 5.97. The first-order valence-corrected chi connectivity index (χ1v) is 10.6. The molecule has 0 bridgehead atoms. The highest BCUT2D eigenvalue weighted by molar-refractivity contribution is 14.1. The third-order valence-electron chi connectivity index (χ3n) is 4.93. The number of carbonyl (C=O) groups is 1. The zero-order chi connectivity index (χ0) is 19.1. The van der Waals surface area contributed by atoms with Crippen LogP contribution in [0.1, 0.15) is 47.2 Å². The number of nitrogens with one attached hydrogen (secondary N) is 1. The van der Waals surface area contributed by atoms with E-state index < -0.39 is 0 Å². The van der Waals surface area contributed by atoms with Gasteiger partial charge >= 0.3 is 0 Å². The summed E-state index contributed by atoms with van der Waals surface area (Å²) in [6, 6.07) is 6.85. The molecule has 4 nitrogen and oxygen atoms in total. The van der Waals surface area contributed by atoms with Crippen molar-refractivity contribution in [2.24, 2.45) is 0 Å². The van der Waals surface area contributed by atoms with Crippen molar-refractivity contribution < 1.29 is 9.18 Å². The van der Waals surface area contributed by atoms with Crippen LogP contribution in [0, 0.1) is 9.39 Å². The Morgan fingerprint density at radius 3 is 2.78 bits per heavy atom. The maximum Gasteiger partial charge on any atom is 0.251 e. The highest BCUT2D eigenvalue weighted by Gasteiger charge is 2.14. The first-order chi connectivity index (χ1) is 13.1. The average Bonchev–Trinajstić information content (AvgIpc) is 2.68. The van der Waals surface area contributed by atoms with E-state index in [9.17, 15) is 9.18 Å². The van der Waals surface area contributed by atoms with Gasteiger partial charge in [0.1, 0.15) is 5.82 Å². The number of amides is 1. The number of nitrogens with zero attached hydrogens (tertiary/aromatic N) is 2. The van der Waals surface area contributed by atoms with Crippen molar-refractivity contribution in [3.63, 3.8) is 0 Å². The Kier molecular flexibility index (Phi) is 7.58. The molecule has 2 aromatic rings. The van der Waals surface area contributed by atoms with Gasteiger partial charge in [-0.2, -0.15) is 0 Å². The van der Waals surface area contributed by atoms with Crippen LogP contribution in [0.15, 0.2) is 36.7 Å². The second kappa shape index (κ2) is 10.1. The lowest BCUT2D eigenvalue weighted by atomic mass is 10.0. The Balaban J connectivity index is 1.56. The molecule has 1 aliphatic rings. The quantitative estimate of drug-likeness (QED) is 0.480. The molecule has 1 fully saturated rings. The summed E-state index contributed by atoms with van der Waals surface area (Å²) in [5.74, 6) is -0.365. The fourth-order valence-corrected chi connectivity index (χ4v) is 3.90. The summed E-state index contributed by atoms with van der Waals surface area (Å²) in [5.41, 5.74) is 1.88. The van der Waals surface area contributed by atoms with E-state index in [0.717, 1.165) is 22.1 Å². The summed E-state index contributed by atoms with van der Waals surface area (Å²) in [6.45, 7) is 4.01. The predicted molar refractivity (Wildman–Crippen MR) is 113 cm³/mol. The van der Waals surface area contributed by atoms with Gasteiger partial charge in [0.15, 0.2) is 0 Å². The Labute approximate surface area is 173 Å². The Hall–Kier alpha value is -1.54. The molecular weight excluding hydrogens is 456 g/mol. The van der Waals surface area contributed by atoms with E-state index in [1.807, 2.05) is 6.07 Å². The van der Waals surface area contributed by atoms with Crippen LogP contribution in [-0.4, -0.2) is 42.0 Å². The maximum absolute atomic E-state index is 14.2. The molecule has 27 heavy (non-hydrogen) atoms. The summed E-state index contributed by atoms with van der Waals surface area (Å²) in [5, 5.41) is 3.00. The summed E-state index contributed by atoms with van der Waals surface area (Å²) >= 11 is 2.09. The van der Waals surface area contributed by atoms with E-state index in [1.54, 1.807) is 24.5 Å². The monoisotopic (exact) mass is 481 g/mol. The van der Waals surface area contributed by atoms with E-state index in [-0.39, 0.29) is 11.7 Å². The number of pyridine rings is 1. The molecule has 1 saturated heterocycles. The number of carbonyl (C=O) groups excluding carboxylic acids is 1. The normalized spacial score (nSPS) is 14.9. The van der Waals surface area contributed by atoms with Crippen molar-refractivity contribution in [1.82, 2.24) is 15.2 Å². The number of hydrogen-bond donors (Lipinski definition) is 1. The molecule has 0 aliphatic carbocycles. The Morgan fingerprint density at radius 2 is 2.00 bits per heavy atom. The van der Waals surface area contributed by atoms with Gasteiger partial charge in [-0.3, -0.25) is 9.78 Å². The smallest absolute Gasteiger partial charge is 0.251 e. The van der Waals surface area contributed by atoms with E-state index in [0.29, 0.717) is 24.1 Å². The van der Waals surface area contributed by atoms with Crippen molar-refractivity contribution in [2.45, 2.75) is 32.1 Å². The summed E-state index contributed by atoms with van der Waals surface area (Å²) in [7, 11) is 0. The van der Waals surface area contributed by atoms with Crippen molar-refractivity contribution in [2.75, 3.05) is 26.2 Å². The van der Waals surface area contributed by atoms with Gasteiger partial charge < -0.3 is 10.2 Å². The molecule has 1 N–H and O–H groups in total. The Bertz CT molecular complexity index is 778. The third-order valence-corrected chi connectivity index (χ3v) is 5.60. The number of piperidine rings is 1. The SMILES string of the molecule is O=C(NCCCN1CCCCC1)c1ccncc1Cc1ccc(I)cc1F. The van der Waals surface area contributed by atoms with Crippen molar-refractivity contribution in [1.29, 1.82) is 0 Å². The number of aromatic nitrogens is 1. The van der Waals surface area contributed by atoms with Crippen LogP contribution in [0.4, 0.5) is 4.39 Å². The van der Waals surface area contributed by atoms with Crippen LogP contribution in [0.25, 0.3) is 0 Å². The standard InChI is InChI=1S/C21H25FIN3O/c22-20-14-18(23)6-5-16(20)13-17-15-24-9-7-19(17)21(27)25-8-4-12-26-10-2-1-3-11-26/h5-7,9,14-15H,1-4,8,10-13H2,(H,25,27). The first-order valence-electron chi connectivity index (χ1n) is 9.51. The lowest BCUT2D eigenvalue weighted by Gasteiger charge is -2.26. The molecule has 144 valence electrons. The lowest BCUT2D eigenvalue weighted by molar-refractivity contribution is 0.0950. The number of halogens is 2. The lowest BCUT2D eigenvalue weighted by Crippen LogP contribution is -2.33. The molecule has 0 radical (unpaired) electrons. The van der Waals surface area contributed by atoms with Crippen molar-refractivity contribution in [3.8, 4) is 0 Å². The number of hydrogen-bond acceptors (Lipinski definition) is 3.